The number of carboxylic acid groups (broad SMARTS) is 1. The number of hydrogen-bond acceptors (Lipinski definition) is 4. The largest absolute Gasteiger partial charge is 0.495 e. The molecule has 0 saturated carbocycles. The second-order valence-electron chi connectivity index (χ2n) is 5.10. The topological polar surface area (TPSA) is 83.9 Å². The molecule has 1 N–H and O–H groups in total. The van der Waals surface area contributed by atoms with Crippen LogP contribution in [0, 0.1) is 5.92 Å². The van der Waals surface area contributed by atoms with Gasteiger partial charge in [-0.15, -0.1) is 0 Å². The summed E-state index contributed by atoms with van der Waals surface area (Å²) in [6, 6.07) is 3.87. The SMILES string of the molecule is CCC1CCN(S(=O)(=O)c2cc(C(=O)O)ccc2OC)C1. The van der Waals surface area contributed by atoms with E-state index >= 15 is 0 Å². The van der Waals surface area contributed by atoms with Gasteiger partial charge in [-0.25, -0.2) is 13.2 Å². The van der Waals surface area contributed by atoms with E-state index in [1.165, 1.54) is 23.5 Å². The molecule has 6 nitrogen and oxygen atoms in total. The van der Waals surface area contributed by atoms with Crippen LogP contribution in [-0.4, -0.2) is 44.0 Å². The van der Waals surface area contributed by atoms with E-state index in [1.54, 1.807) is 0 Å². The first kappa shape index (κ1) is 15.8. The number of sulfonamides is 1. The van der Waals surface area contributed by atoms with Crippen molar-refractivity contribution in [3.05, 3.63) is 23.8 Å². The minimum absolute atomic E-state index is 0.0689. The summed E-state index contributed by atoms with van der Waals surface area (Å²) in [7, 11) is -2.37. The van der Waals surface area contributed by atoms with Crippen molar-refractivity contribution >= 4 is 16.0 Å². The zero-order valence-corrected chi connectivity index (χ0v) is 12.9. The summed E-state index contributed by atoms with van der Waals surface area (Å²) in [5, 5.41) is 9.03. The predicted molar refractivity (Wildman–Crippen MR) is 77.1 cm³/mol. The van der Waals surface area contributed by atoms with Crippen LogP contribution in [0.25, 0.3) is 0 Å². The molecule has 0 spiro atoms. The molecular formula is C14H19NO5S. The quantitative estimate of drug-likeness (QED) is 0.896. The summed E-state index contributed by atoms with van der Waals surface area (Å²) in [4.78, 5) is 11.0. The fourth-order valence-corrected chi connectivity index (χ4v) is 4.21. The Hall–Kier alpha value is -1.60. The van der Waals surface area contributed by atoms with Crippen molar-refractivity contribution in [2.75, 3.05) is 20.2 Å². The van der Waals surface area contributed by atoms with Gasteiger partial charge in [-0.05, 0) is 30.5 Å². The van der Waals surface area contributed by atoms with E-state index in [9.17, 15) is 13.2 Å². The molecule has 1 heterocycles. The Morgan fingerprint density at radius 3 is 2.71 bits per heavy atom. The molecule has 116 valence electrons. The van der Waals surface area contributed by atoms with Crippen LogP contribution in [0.1, 0.15) is 30.1 Å². The van der Waals surface area contributed by atoms with Crippen LogP contribution < -0.4 is 4.74 Å². The Morgan fingerprint density at radius 2 is 2.19 bits per heavy atom. The molecule has 1 unspecified atom stereocenters. The highest BCUT2D eigenvalue weighted by Crippen LogP contribution is 2.31. The lowest BCUT2D eigenvalue weighted by Gasteiger charge is -2.18. The van der Waals surface area contributed by atoms with Gasteiger partial charge in [-0.2, -0.15) is 4.31 Å². The third-order valence-corrected chi connectivity index (χ3v) is 5.74. The average molecular weight is 313 g/mol. The Labute approximate surface area is 124 Å². The van der Waals surface area contributed by atoms with Gasteiger partial charge in [0.05, 0.1) is 12.7 Å². The van der Waals surface area contributed by atoms with Crippen LogP contribution in [0.4, 0.5) is 0 Å². The first-order valence-corrected chi connectivity index (χ1v) is 8.25. The van der Waals surface area contributed by atoms with Crippen LogP contribution in [0.3, 0.4) is 0 Å². The number of nitrogens with zero attached hydrogens (tertiary/aromatic N) is 1. The summed E-state index contributed by atoms with van der Waals surface area (Å²) < 4.78 is 31.9. The van der Waals surface area contributed by atoms with Crippen LogP contribution in [0.15, 0.2) is 23.1 Å². The molecule has 1 saturated heterocycles. The summed E-state index contributed by atoms with van der Waals surface area (Å²) in [5.41, 5.74) is -0.0689. The first-order valence-electron chi connectivity index (χ1n) is 6.81. The smallest absolute Gasteiger partial charge is 0.335 e. The van der Waals surface area contributed by atoms with E-state index in [-0.39, 0.29) is 16.2 Å². The van der Waals surface area contributed by atoms with E-state index < -0.39 is 16.0 Å². The molecule has 1 fully saturated rings. The molecule has 2 rings (SSSR count). The molecule has 0 aliphatic carbocycles. The molecule has 0 bridgehead atoms. The zero-order chi connectivity index (χ0) is 15.6. The molecule has 1 atom stereocenters. The van der Waals surface area contributed by atoms with E-state index in [1.807, 2.05) is 6.92 Å². The van der Waals surface area contributed by atoms with Gasteiger partial charge < -0.3 is 9.84 Å². The van der Waals surface area contributed by atoms with E-state index in [0.29, 0.717) is 19.0 Å². The molecule has 1 aromatic carbocycles. The predicted octanol–water partition coefficient (Wildman–Crippen LogP) is 1.81. The molecule has 7 heteroatoms. The standard InChI is InChI=1S/C14H19NO5S/c1-3-10-6-7-15(9-10)21(18,19)13-8-11(14(16)17)4-5-12(13)20-2/h4-5,8,10H,3,6-7,9H2,1-2H3,(H,16,17). The van der Waals surface area contributed by atoms with Crippen LogP contribution in [-0.2, 0) is 10.0 Å². The van der Waals surface area contributed by atoms with Crippen molar-refractivity contribution in [2.24, 2.45) is 5.92 Å². The van der Waals surface area contributed by atoms with Gasteiger partial charge in [0.15, 0.2) is 0 Å². The lowest BCUT2D eigenvalue weighted by atomic mass is 10.1. The maximum Gasteiger partial charge on any atom is 0.335 e. The fourth-order valence-electron chi connectivity index (χ4n) is 2.50. The van der Waals surface area contributed by atoms with Gasteiger partial charge in [0.1, 0.15) is 10.6 Å². The molecule has 1 aliphatic heterocycles. The monoisotopic (exact) mass is 313 g/mol. The molecule has 1 aliphatic rings. The van der Waals surface area contributed by atoms with Crippen molar-refractivity contribution in [1.82, 2.24) is 4.31 Å². The summed E-state index contributed by atoms with van der Waals surface area (Å²) in [6.45, 7) is 2.97. The minimum atomic E-state index is -3.74. The number of aromatic carboxylic acids is 1. The van der Waals surface area contributed by atoms with Gasteiger partial charge in [-0.3, -0.25) is 0 Å². The van der Waals surface area contributed by atoms with Crippen molar-refractivity contribution in [2.45, 2.75) is 24.7 Å². The lowest BCUT2D eigenvalue weighted by Crippen LogP contribution is -2.29. The lowest BCUT2D eigenvalue weighted by molar-refractivity contribution is 0.0696. The normalized spacial score (nSPS) is 19.6. The molecule has 0 radical (unpaired) electrons. The highest BCUT2D eigenvalue weighted by Gasteiger charge is 2.34. The van der Waals surface area contributed by atoms with E-state index in [2.05, 4.69) is 0 Å². The molecule has 0 aromatic heterocycles. The maximum absolute atomic E-state index is 12.7. The number of carbonyl (C=O) groups is 1. The van der Waals surface area contributed by atoms with Crippen molar-refractivity contribution in [3.8, 4) is 5.75 Å². The van der Waals surface area contributed by atoms with E-state index in [4.69, 9.17) is 9.84 Å². The van der Waals surface area contributed by atoms with Crippen molar-refractivity contribution < 1.29 is 23.1 Å². The van der Waals surface area contributed by atoms with Crippen molar-refractivity contribution in [1.29, 1.82) is 0 Å². The highest BCUT2D eigenvalue weighted by molar-refractivity contribution is 7.89. The third-order valence-electron chi connectivity index (χ3n) is 3.85. The van der Waals surface area contributed by atoms with Crippen molar-refractivity contribution in [3.63, 3.8) is 0 Å². The zero-order valence-electron chi connectivity index (χ0n) is 12.1. The number of methoxy groups -OCH3 is 1. The summed E-state index contributed by atoms with van der Waals surface area (Å²) >= 11 is 0. The number of ether oxygens (including phenoxy) is 1. The average Bonchev–Trinajstić information content (AvgIpc) is 2.96. The fraction of sp³-hybridized carbons (Fsp3) is 0.500. The van der Waals surface area contributed by atoms with Gasteiger partial charge in [0, 0.05) is 13.1 Å². The van der Waals surface area contributed by atoms with Gasteiger partial charge in [0.2, 0.25) is 10.0 Å². The van der Waals surface area contributed by atoms with Crippen LogP contribution >= 0.6 is 0 Å². The van der Waals surface area contributed by atoms with Crippen LogP contribution in [0.2, 0.25) is 0 Å². The Kier molecular flexibility index (Phi) is 4.53. The summed E-state index contributed by atoms with van der Waals surface area (Å²) in [5.74, 6) is -0.643. The Balaban J connectivity index is 2.43. The summed E-state index contributed by atoms with van der Waals surface area (Å²) in [6.07, 6.45) is 1.76. The number of rotatable bonds is 5. The highest BCUT2D eigenvalue weighted by atomic mass is 32.2. The van der Waals surface area contributed by atoms with Crippen LogP contribution in [0.5, 0.6) is 5.75 Å². The van der Waals surface area contributed by atoms with Gasteiger partial charge >= 0.3 is 5.97 Å². The Morgan fingerprint density at radius 1 is 1.48 bits per heavy atom. The molecule has 0 amide bonds. The first-order chi connectivity index (χ1) is 9.90. The molecule has 1 aromatic rings. The third kappa shape index (κ3) is 3.03. The molecular weight excluding hydrogens is 294 g/mol. The minimum Gasteiger partial charge on any atom is -0.495 e. The maximum atomic E-state index is 12.7. The van der Waals surface area contributed by atoms with Gasteiger partial charge in [0.25, 0.3) is 0 Å². The molecule has 21 heavy (non-hydrogen) atoms. The second-order valence-corrected chi connectivity index (χ2v) is 7.00. The van der Waals surface area contributed by atoms with Gasteiger partial charge in [-0.1, -0.05) is 13.3 Å². The second kappa shape index (κ2) is 6.03. The number of benzene rings is 1. The van der Waals surface area contributed by atoms with E-state index in [0.717, 1.165) is 18.9 Å². The number of carboxylic acids is 1. The Bertz CT molecular complexity index is 641. The number of hydrogen-bond donors (Lipinski definition) is 1.